The Labute approximate surface area is 144 Å². The first kappa shape index (κ1) is 16.7. The van der Waals surface area contributed by atoms with Crippen LogP contribution in [0.25, 0.3) is 0 Å². The van der Waals surface area contributed by atoms with Gasteiger partial charge in [-0.3, -0.25) is 19.7 Å². The monoisotopic (exact) mass is 351 g/mol. The van der Waals surface area contributed by atoms with E-state index in [0.29, 0.717) is 19.5 Å². The molecule has 1 aromatic rings. The van der Waals surface area contributed by atoms with Crippen LogP contribution in [-0.2, 0) is 4.79 Å². The maximum absolute atomic E-state index is 12.6. The second-order valence-corrected chi connectivity index (χ2v) is 6.54. The van der Waals surface area contributed by atoms with Gasteiger partial charge in [-0.25, -0.2) is 0 Å². The molecule has 7 nitrogen and oxygen atoms in total. The van der Waals surface area contributed by atoms with Crippen LogP contribution in [0, 0.1) is 10.1 Å². The number of piperidine rings is 1. The zero-order valence-electron chi connectivity index (χ0n) is 13.1. The number of carbonyl (C=O) groups excluding carboxylic acids is 2. The molecule has 2 fully saturated rings. The molecule has 1 aromatic carbocycles. The molecule has 0 radical (unpaired) electrons. The van der Waals surface area contributed by atoms with Crippen LogP contribution in [0.1, 0.15) is 36.0 Å². The molecule has 0 spiro atoms. The lowest BCUT2D eigenvalue weighted by Gasteiger charge is -2.36. The van der Waals surface area contributed by atoms with Crippen molar-refractivity contribution in [2.75, 3.05) is 19.6 Å². The number of hydrogen-bond acceptors (Lipinski definition) is 4. The van der Waals surface area contributed by atoms with E-state index in [2.05, 4.69) is 0 Å². The smallest absolute Gasteiger partial charge is 0.270 e. The molecule has 2 saturated heterocycles. The molecule has 8 heteroatoms. The van der Waals surface area contributed by atoms with Crippen LogP contribution in [-0.4, -0.2) is 52.2 Å². The second-order valence-electron chi connectivity index (χ2n) is 6.14. The predicted molar refractivity (Wildman–Crippen MR) is 88.0 cm³/mol. The minimum Gasteiger partial charge on any atom is -0.340 e. The molecule has 2 aliphatic rings. The standard InChI is InChI=1S/C16H18ClN3O4/c17-14-4-3-12(20(23)24)10-13(14)16(22)18-8-5-11(6-9-18)19-7-1-2-15(19)21/h3-4,10-11H,1-2,5-9H2. The highest BCUT2D eigenvalue weighted by atomic mass is 35.5. The third-order valence-corrected chi connectivity index (χ3v) is 5.02. The lowest BCUT2D eigenvalue weighted by atomic mass is 10.0. The van der Waals surface area contributed by atoms with E-state index in [-0.39, 0.29) is 34.1 Å². The Kier molecular flexibility index (Phi) is 4.71. The molecule has 24 heavy (non-hydrogen) atoms. The fourth-order valence-electron chi connectivity index (χ4n) is 3.40. The first-order valence-electron chi connectivity index (χ1n) is 8.00. The molecule has 2 amide bonds. The van der Waals surface area contributed by atoms with Crippen LogP contribution >= 0.6 is 11.6 Å². The maximum Gasteiger partial charge on any atom is 0.270 e. The SMILES string of the molecule is O=C(c1cc([N+](=O)[O-])ccc1Cl)N1CCC(N2CCCC2=O)CC1. The van der Waals surface area contributed by atoms with Crippen molar-refractivity contribution < 1.29 is 14.5 Å². The largest absolute Gasteiger partial charge is 0.340 e. The number of rotatable bonds is 3. The molecule has 0 bridgehead atoms. The quantitative estimate of drug-likeness (QED) is 0.618. The number of non-ortho nitro benzene ring substituents is 1. The Hall–Kier alpha value is -2.15. The molecule has 128 valence electrons. The van der Waals surface area contributed by atoms with Crippen LogP contribution in [0.15, 0.2) is 18.2 Å². The molecule has 3 rings (SSSR count). The van der Waals surface area contributed by atoms with Gasteiger partial charge in [0, 0.05) is 44.2 Å². The molecule has 0 unspecified atom stereocenters. The third kappa shape index (κ3) is 3.21. The number of benzene rings is 1. The van der Waals surface area contributed by atoms with Gasteiger partial charge in [-0.2, -0.15) is 0 Å². The molecule has 0 saturated carbocycles. The van der Waals surface area contributed by atoms with Crippen molar-refractivity contribution in [3.63, 3.8) is 0 Å². The summed E-state index contributed by atoms with van der Waals surface area (Å²) in [5.74, 6) is -0.101. The van der Waals surface area contributed by atoms with Gasteiger partial charge in [0.15, 0.2) is 0 Å². The van der Waals surface area contributed by atoms with Gasteiger partial charge in [0.05, 0.1) is 15.5 Å². The zero-order chi connectivity index (χ0) is 17.3. The van der Waals surface area contributed by atoms with E-state index in [9.17, 15) is 19.7 Å². The van der Waals surface area contributed by atoms with Gasteiger partial charge in [0.25, 0.3) is 11.6 Å². The Morgan fingerprint density at radius 3 is 2.54 bits per heavy atom. The Morgan fingerprint density at radius 2 is 1.96 bits per heavy atom. The van der Waals surface area contributed by atoms with Crippen molar-refractivity contribution in [1.29, 1.82) is 0 Å². The van der Waals surface area contributed by atoms with E-state index in [0.717, 1.165) is 25.8 Å². The average molecular weight is 352 g/mol. The molecule has 2 heterocycles. The highest BCUT2D eigenvalue weighted by Gasteiger charge is 2.32. The van der Waals surface area contributed by atoms with Gasteiger partial charge in [-0.1, -0.05) is 11.6 Å². The Bertz CT molecular complexity index is 686. The van der Waals surface area contributed by atoms with E-state index in [1.165, 1.54) is 18.2 Å². The number of halogens is 1. The highest BCUT2D eigenvalue weighted by Crippen LogP contribution is 2.26. The van der Waals surface area contributed by atoms with Crippen LogP contribution in [0.4, 0.5) is 5.69 Å². The van der Waals surface area contributed by atoms with E-state index in [1.807, 2.05) is 4.90 Å². The predicted octanol–water partition coefficient (Wildman–Crippen LogP) is 2.48. The normalized spacial score (nSPS) is 19.0. The highest BCUT2D eigenvalue weighted by molar-refractivity contribution is 6.33. The number of nitro groups is 1. The van der Waals surface area contributed by atoms with Crippen molar-refractivity contribution in [2.24, 2.45) is 0 Å². The lowest BCUT2D eigenvalue weighted by molar-refractivity contribution is -0.384. The summed E-state index contributed by atoms with van der Waals surface area (Å²) in [5.41, 5.74) is 0.00173. The molecule has 0 aromatic heterocycles. The molecule has 2 aliphatic heterocycles. The number of nitro benzene ring substituents is 1. The van der Waals surface area contributed by atoms with Crippen LogP contribution < -0.4 is 0 Å². The average Bonchev–Trinajstić information content (AvgIpc) is 3.00. The van der Waals surface area contributed by atoms with Gasteiger partial charge in [-0.05, 0) is 25.3 Å². The summed E-state index contributed by atoms with van der Waals surface area (Å²) in [4.78, 5) is 38.4. The fourth-order valence-corrected chi connectivity index (χ4v) is 3.60. The van der Waals surface area contributed by atoms with Crippen molar-refractivity contribution >= 4 is 29.1 Å². The lowest BCUT2D eigenvalue weighted by Crippen LogP contribution is -2.47. The minimum atomic E-state index is -0.543. The summed E-state index contributed by atoms with van der Waals surface area (Å²) in [6, 6.07) is 4.07. The number of nitrogens with zero attached hydrogens (tertiary/aromatic N) is 3. The fraction of sp³-hybridized carbons (Fsp3) is 0.500. The first-order chi connectivity index (χ1) is 11.5. The van der Waals surface area contributed by atoms with Crippen molar-refractivity contribution in [2.45, 2.75) is 31.7 Å². The number of carbonyl (C=O) groups is 2. The topological polar surface area (TPSA) is 83.8 Å². The Balaban J connectivity index is 1.68. The van der Waals surface area contributed by atoms with Gasteiger partial charge in [0.2, 0.25) is 5.91 Å². The van der Waals surface area contributed by atoms with E-state index >= 15 is 0 Å². The van der Waals surface area contributed by atoms with Crippen LogP contribution in [0.2, 0.25) is 5.02 Å². The van der Waals surface area contributed by atoms with E-state index < -0.39 is 4.92 Å². The maximum atomic E-state index is 12.6. The number of hydrogen-bond donors (Lipinski definition) is 0. The molecular weight excluding hydrogens is 334 g/mol. The number of likely N-dealkylation sites (tertiary alicyclic amines) is 2. The molecule has 0 N–H and O–H groups in total. The van der Waals surface area contributed by atoms with Crippen molar-refractivity contribution in [3.05, 3.63) is 38.9 Å². The zero-order valence-corrected chi connectivity index (χ0v) is 13.9. The molecule has 0 atom stereocenters. The van der Waals surface area contributed by atoms with Crippen molar-refractivity contribution in [1.82, 2.24) is 9.80 Å². The van der Waals surface area contributed by atoms with E-state index in [4.69, 9.17) is 11.6 Å². The van der Waals surface area contributed by atoms with Crippen molar-refractivity contribution in [3.8, 4) is 0 Å². The van der Waals surface area contributed by atoms with E-state index in [1.54, 1.807) is 4.90 Å². The number of amides is 2. The molecule has 0 aliphatic carbocycles. The summed E-state index contributed by atoms with van der Waals surface area (Å²) in [5, 5.41) is 11.1. The molecular formula is C16H18ClN3O4. The summed E-state index contributed by atoms with van der Waals surface area (Å²) in [6.45, 7) is 1.84. The Morgan fingerprint density at radius 1 is 1.25 bits per heavy atom. The van der Waals surface area contributed by atoms with Gasteiger partial charge in [-0.15, -0.1) is 0 Å². The summed E-state index contributed by atoms with van der Waals surface area (Å²) >= 11 is 6.04. The van der Waals surface area contributed by atoms with Gasteiger partial charge < -0.3 is 9.80 Å². The summed E-state index contributed by atoms with van der Waals surface area (Å²) in [7, 11) is 0. The van der Waals surface area contributed by atoms with Gasteiger partial charge >= 0.3 is 0 Å². The van der Waals surface area contributed by atoms with Crippen LogP contribution in [0.5, 0.6) is 0 Å². The second kappa shape index (κ2) is 6.76. The summed E-state index contributed by atoms with van der Waals surface area (Å²) < 4.78 is 0. The third-order valence-electron chi connectivity index (χ3n) is 4.69. The first-order valence-corrected chi connectivity index (χ1v) is 8.38. The van der Waals surface area contributed by atoms with Crippen LogP contribution in [0.3, 0.4) is 0 Å². The van der Waals surface area contributed by atoms with Gasteiger partial charge in [0.1, 0.15) is 0 Å². The minimum absolute atomic E-state index is 0.153. The summed E-state index contributed by atoms with van der Waals surface area (Å²) in [6.07, 6.45) is 2.97.